The molecule has 0 aromatic heterocycles. The molecule has 0 aliphatic heterocycles. The Bertz CT molecular complexity index is 571. The lowest BCUT2D eigenvalue weighted by atomic mass is 10.1. The fourth-order valence-electron chi connectivity index (χ4n) is 2.01. The summed E-state index contributed by atoms with van der Waals surface area (Å²) in [6.45, 7) is 2.29. The Hall–Kier alpha value is -1.71. The molecule has 20 heavy (non-hydrogen) atoms. The van der Waals surface area contributed by atoms with Gasteiger partial charge in [-0.15, -0.1) is 0 Å². The van der Waals surface area contributed by atoms with Crippen LogP contribution in [0.15, 0.2) is 36.4 Å². The molecule has 2 rings (SSSR count). The highest BCUT2D eigenvalue weighted by atomic mass is 35.5. The van der Waals surface area contributed by atoms with Gasteiger partial charge in [0.2, 0.25) is 0 Å². The summed E-state index contributed by atoms with van der Waals surface area (Å²) in [4.78, 5) is 0. The van der Waals surface area contributed by atoms with E-state index in [1.807, 2.05) is 25.1 Å². The summed E-state index contributed by atoms with van der Waals surface area (Å²) >= 11 is 5.97. The van der Waals surface area contributed by atoms with E-state index < -0.39 is 0 Å². The van der Waals surface area contributed by atoms with Gasteiger partial charge < -0.3 is 14.6 Å². The predicted molar refractivity (Wildman–Crippen MR) is 79.4 cm³/mol. The van der Waals surface area contributed by atoms with Crippen molar-refractivity contribution < 1.29 is 14.6 Å². The Labute approximate surface area is 123 Å². The average molecular weight is 293 g/mol. The minimum Gasteiger partial charge on any atom is -0.493 e. The van der Waals surface area contributed by atoms with Crippen molar-refractivity contribution in [3.8, 4) is 11.5 Å². The third kappa shape index (κ3) is 3.44. The van der Waals surface area contributed by atoms with Gasteiger partial charge in [-0.1, -0.05) is 41.4 Å². The van der Waals surface area contributed by atoms with Gasteiger partial charge in [-0.2, -0.15) is 0 Å². The molecule has 3 nitrogen and oxygen atoms in total. The number of aliphatic hydroxyl groups excluding tert-OH is 1. The lowest BCUT2D eigenvalue weighted by Gasteiger charge is -2.15. The van der Waals surface area contributed by atoms with Crippen LogP contribution in [0, 0.1) is 6.92 Å². The van der Waals surface area contributed by atoms with Gasteiger partial charge in [-0.25, -0.2) is 0 Å². The monoisotopic (exact) mass is 292 g/mol. The molecule has 0 spiro atoms. The van der Waals surface area contributed by atoms with E-state index in [1.54, 1.807) is 19.2 Å². The molecule has 0 fully saturated rings. The van der Waals surface area contributed by atoms with Crippen LogP contribution in [0.2, 0.25) is 5.02 Å². The van der Waals surface area contributed by atoms with Crippen LogP contribution < -0.4 is 9.47 Å². The molecule has 2 aromatic carbocycles. The second kappa shape index (κ2) is 6.64. The second-order valence-electron chi connectivity index (χ2n) is 4.53. The number of aryl methyl sites for hydroxylation is 1. The van der Waals surface area contributed by atoms with Gasteiger partial charge in [0.25, 0.3) is 0 Å². The SMILES string of the molecule is COc1cc(Cl)cc(CO)c1OCc1cccc(C)c1. The van der Waals surface area contributed by atoms with Crippen LogP contribution in [0.5, 0.6) is 11.5 Å². The highest BCUT2D eigenvalue weighted by Crippen LogP contribution is 2.35. The summed E-state index contributed by atoms with van der Waals surface area (Å²) in [5.74, 6) is 1.05. The van der Waals surface area contributed by atoms with Crippen LogP contribution in [0.3, 0.4) is 0 Å². The normalized spacial score (nSPS) is 10.4. The molecule has 0 unspecified atom stereocenters. The number of halogens is 1. The van der Waals surface area contributed by atoms with Gasteiger partial charge >= 0.3 is 0 Å². The Kier molecular flexibility index (Phi) is 4.88. The molecule has 1 N–H and O–H groups in total. The van der Waals surface area contributed by atoms with Crippen molar-refractivity contribution in [1.29, 1.82) is 0 Å². The fourth-order valence-corrected chi connectivity index (χ4v) is 2.24. The molecular weight excluding hydrogens is 276 g/mol. The zero-order valence-electron chi connectivity index (χ0n) is 11.5. The van der Waals surface area contributed by atoms with Crippen molar-refractivity contribution in [2.45, 2.75) is 20.1 Å². The molecule has 106 valence electrons. The average Bonchev–Trinajstić information content (AvgIpc) is 2.45. The van der Waals surface area contributed by atoms with E-state index in [1.165, 1.54) is 5.56 Å². The molecule has 4 heteroatoms. The largest absolute Gasteiger partial charge is 0.493 e. The maximum absolute atomic E-state index is 9.41. The smallest absolute Gasteiger partial charge is 0.167 e. The number of benzene rings is 2. The summed E-state index contributed by atoms with van der Waals surface area (Å²) in [5, 5.41) is 9.92. The van der Waals surface area contributed by atoms with E-state index in [9.17, 15) is 5.11 Å². The van der Waals surface area contributed by atoms with Crippen LogP contribution in [0.4, 0.5) is 0 Å². The number of methoxy groups -OCH3 is 1. The Balaban J connectivity index is 2.24. The number of ether oxygens (including phenoxy) is 2. The number of rotatable bonds is 5. The molecule has 0 radical (unpaired) electrons. The maximum Gasteiger partial charge on any atom is 0.167 e. The van der Waals surface area contributed by atoms with E-state index in [2.05, 4.69) is 6.07 Å². The molecule has 0 saturated carbocycles. The second-order valence-corrected chi connectivity index (χ2v) is 4.97. The molecule has 0 saturated heterocycles. The highest BCUT2D eigenvalue weighted by molar-refractivity contribution is 6.30. The first kappa shape index (κ1) is 14.7. The molecular formula is C16H17ClO3. The van der Waals surface area contributed by atoms with E-state index in [4.69, 9.17) is 21.1 Å². The van der Waals surface area contributed by atoms with Gasteiger partial charge in [0.15, 0.2) is 11.5 Å². The first-order chi connectivity index (χ1) is 9.63. The minimum absolute atomic E-state index is 0.153. The van der Waals surface area contributed by atoms with Crippen molar-refractivity contribution in [3.05, 3.63) is 58.1 Å². The van der Waals surface area contributed by atoms with Crippen molar-refractivity contribution in [2.75, 3.05) is 7.11 Å². The molecule has 0 bridgehead atoms. The van der Waals surface area contributed by atoms with Crippen molar-refractivity contribution in [2.24, 2.45) is 0 Å². The van der Waals surface area contributed by atoms with Crippen LogP contribution in [0.25, 0.3) is 0 Å². The summed E-state index contributed by atoms with van der Waals surface area (Å²) in [5.41, 5.74) is 2.85. The van der Waals surface area contributed by atoms with Gasteiger partial charge in [-0.3, -0.25) is 0 Å². The van der Waals surface area contributed by atoms with Gasteiger partial charge in [0.05, 0.1) is 13.7 Å². The third-order valence-electron chi connectivity index (χ3n) is 2.95. The predicted octanol–water partition coefficient (Wildman–Crippen LogP) is 3.73. The zero-order chi connectivity index (χ0) is 14.5. The summed E-state index contributed by atoms with van der Waals surface area (Å²) in [6, 6.07) is 11.4. The Morgan fingerprint density at radius 3 is 2.65 bits per heavy atom. The quantitative estimate of drug-likeness (QED) is 0.912. The van der Waals surface area contributed by atoms with Gasteiger partial charge in [0, 0.05) is 16.7 Å². The van der Waals surface area contributed by atoms with Crippen molar-refractivity contribution >= 4 is 11.6 Å². The number of hydrogen-bond donors (Lipinski definition) is 1. The van der Waals surface area contributed by atoms with Crippen molar-refractivity contribution in [1.82, 2.24) is 0 Å². The molecule has 0 heterocycles. The summed E-state index contributed by atoms with van der Waals surface area (Å²) in [7, 11) is 1.55. The van der Waals surface area contributed by atoms with Gasteiger partial charge in [0.1, 0.15) is 6.61 Å². The summed E-state index contributed by atoms with van der Waals surface area (Å²) in [6.07, 6.45) is 0. The van der Waals surface area contributed by atoms with E-state index in [-0.39, 0.29) is 6.61 Å². The first-order valence-electron chi connectivity index (χ1n) is 6.29. The van der Waals surface area contributed by atoms with Crippen LogP contribution in [0.1, 0.15) is 16.7 Å². The number of hydrogen-bond acceptors (Lipinski definition) is 3. The minimum atomic E-state index is -0.153. The molecule has 0 aliphatic rings. The van der Waals surface area contributed by atoms with E-state index >= 15 is 0 Å². The van der Waals surface area contributed by atoms with Crippen molar-refractivity contribution in [3.63, 3.8) is 0 Å². The first-order valence-corrected chi connectivity index (χ1v) is 6.67. The summed E-state index contributed by atoms with van der Waals surface area (Å²) < 4.78 is 11.1. The van der Waals surface area contributed by atoms with Crippen LogP contribution in [-0.2, 0) is 13.2 Å². The lowest BCUT2D eigenvalue weighted by Crippen LogP contribution is -2.01. The highest BCUT2D eigenvalue weighted by Gasteiger charge is 2.12. The van der Waals surface area contributed by atoms with E-state index in [0.29, 0.717) is 28.7 Å². The zero-order valence-corrected chi connectivity index (χ0v) is 12.3. The van der Waals surface area contributed by atoms with Crippen LogP contribution in [-0.4, -0.2) is 12.2 Å². The maximum atomic E-state index is 9.41. The Morgan fingerprint density at radius 1 is 1.20 bits per heavy atom. The fraction of sp³-hybridized carbons (Fsp3) is 0.250. The standard InChI is InChI=1S/C16H17ClO3/c1-11-4-3-5-12(6-11)10-20-16-13(9-18)7-14(17)8-15(16)19-2/h3-8,18H,9-10H2,1-2H3. The lowest BCUT2D eigenvalue weighted by molar-refractivity contribution is 0.250. The topological polar surface area (TPSA) is 38.7 Å². The molecule has 2 aromatic rings. The van der Waals surface area contributed by atoms with E-state index in [0.717, 1.165) is 5.56 Å². The van der Waals surface area contributed by atoms with Crippen LogP contribution >= 0.6 is 11.6 Å². The Morgan fingerprint density at radius 2 is 2.00 bits per heavy atom. The molecule has 0 amide bonds. The molecule has 0 atom stereocenters. The van der Waals surface area contributed by atoms with Gasteiger partial charge in [-0.05, 0) is 18.6 Å². The third-order valence-corrected chi connectivity index (χ3v) is 3.17. The molecule has 0 aliphatic carbocycles. The number of aliphatic hydroxyl groups is 1.